The van der Waals surface area contributed by atoms with Gasteiger partial charge in [0.15, 0.2) is 5.82 Å². The first-order valence-corrected chi connectivity index (χ1v) is 11.4. The van der Waals surface area contributed by atoms with Gasteiger partial charge in [0.2, 0.25) is 4.77 Å². The molecule has 1 saturated heterocycles. The molecule has 0 aliphatic carbocycles. The molecule has 33 heavy (non-hydrogen) atoms. The standard InChI is InChI=1S/C24H24F2N6S/c25-20-9-7-17(8-10-20)14-30-12-3-5-19(15-30)23-27-28-24(33)32(23)22-11-13-31(29-22)16-18-4-1-2-6-21(18)26/h1-2,4,6-11,13,19H,3,5,12,14-16H2,(H,28,33). The van der Waals surface area contributed by atoms with Gasteiger partial charge in [-0.05, 0) is 55.4 Å². The quantitative estimate of drug-likeness (QED) is 0.414. The Labute approximate surface area is 195 Å². The average Bonchev–Trinajstić information content (AvgIpc) is 3.43. The molecule has 2 aromatic carbocycles. The van der Waals surface area contributed by atoms with Crippen LogP contribution in [0.15, 0.2) is 60.8 Å². The number of piperidine rings is 1. The lowest BCUT2D eigenvalue weighted by Gasteiger charge is -2.32. The summed E-state index contributed by atoms with van der Waals surface area (Å²) >= 11 is 5.52. The van der Waals surface area contributed by atoms with Crippen molar-refractivity contribution in [2.24, 2.45) is 0 Å². The summed E-state index contributed by atoms with van der Waals surface area (Å²) in [5.74, 6) is 1.22. The maximum absolute atomic E-state index is 14.0. The first kappa shape index (κ1) is 21.7. The number of aromatic amines is 1. The van der Waals surface area contributed by atoms with Crippen LogP contribution in [0.4, 0.5) is 8.78 Å². The van der Waals surface area contributed by atoms with Gasteiger partial charge in [-0.15, -0.1) is 0 Å². The molecule has 1 N–H and O–H groups in total. The summed E-state index contributed by atoms with van der Waals surface area (Å²) in [4.78, 5) is 2.36. The van der Waals surface area contributed by atoms with Gasteiger partial charge in [-0.25, -0.2) is 8.78 Å². The SMILES string of the molecule is Fc1ccc(CN2CCCC(c3n[nH]c(=S)n3-c3ccn(Cc4ccccc4F)n3)C2)cc1. The zero-order valence-electron chi connectivity index (χ0n) is 18.0. The Balaban J connectivity index is 1.35. The Hall–Kier alpha value is -3.17. The van der Waals surface area contributed by atoms with Crippen molar-refractivity contribution >= 4 is 12.2 Å². The summed E-state index contributed by atoms with van der Waals surface area (Å²) in [7, 11) is 0. The first-order chi connectivity index (χ1) is 16.1. The molecule has 0 bridgehead atoms. The molecule has 4 aromatic rings. The lowest BCUT2D eigenvalue weighted by atomic mass is 9.96. The summed E-state index contributed by atoms with van der Waals surface area (Å²) in [5.41, 5.74) is 1.66. The lowest BCUT2D eigenvalue weighted by Crippen LogP contribution is -2.34. The number of nitrogens with zero attached hydrogens (tertiary/aromatic N) is 5. The van der Waals surface area contributed by atoms with Crippen molar-refractivity contribution in [3.63, 3.8) is 0 Å². The predicted octanol–water partition coefficient (Wildman–Crippen LogP) is 4.83. The number of rotatable bonds is 6. The number of likely N-dealkylation sites (tertiary alicyclic amines) is 1. The number of benzene rings is 2. The van der Waals surface area contributed by atoms with E-state index in [0.29, 0.717) is 22.7 Å². The molecular weight excluding hydrogens is 442 g/mol. The van der Waals surface area contributed by atoms with Crippen molar-refractivity contribution in [3.05, 3.63) is 94.2 Å². The van der Waals surface area contributed by atoms with Crippen LogP contribution in [0.25, 0.3) is 5.82 Å². The second-order valence-electron chi connectivity index (χ2n) is 8.39. The van der Waals surface area contributed by atoms with Crippen LogP contribution in [0.5, 0.6) is 0 Å². The van der Waals surface area contributed by atoms with E-state index in [9.17, 15) is 8.78 Å². The minimum Gasteiger partial charge on any atom is -0.298 e. The fourth-order valence-electron chi connectivity index (χ4n) is 4.42. The van der Waals surface area contributed by atoms with Gasteiger partial charge in [0.1, 0.15) is 17.5 Å². The normalized spacial score (nSPS) is 16.8. The van der Waals surface area contributed by atoms with Crippen LogP contribution in [0, 0.1) is 16.4 Å². The second-order valence-corrected chi connectivity index (χ2v) is 8.77. The summed E-state index contributed by atoms with van der Waals surface area (Å²) in [5, 5.41) is 12.1. The highest BCUT2D eigenvalue weighted by Gasteiger charge is 2.27. The van der Waals surface area contributed by atoms with Crippen LogP contribution in [0.3, 0.4) is 0 Å². The number of aromatic nitrogens is 5. The molecule has 6 nitrogen and oxygen atoms in total. The molecule has 3 heterocycles. The third-order valence-corrected chi connectivity index (χ3v) is 6.31. The molecule has 0 spiro atoms. The van der Waals surface area contributed by atoms with Crippen LogP contribution in [-0.4, -0.2) is 42.5 Å². The number of hydrogen-bond acceptors (Lipinski definition) is 4. The van der Waals surface area contributed by atoms with Gasteiger partial charge in [0.05, 0.1) is 6.54 Å². The fourth-order valence-corrected chi connectivity index (χ4v) is 4.65. The zero-order chi connectivity index (χ0) is 22.8. The van der Waals surface area contributed by atoms with Crippen molar-refractivity contribution in [3.8, 4) is 5.82 Å². The smallest absolute Gasteiger partial charge is 0.201 e. The van der Waals surface area contributed by atoms with Crippen LogP contribution in [0.1, 0.15) is 35.7 Å². The van der Waals surface area contributed by atoms with Gasteiger partial charge in [0, 0.05) is 36.8 Å². The summed E-state index contributed by atoms with van der Waals surface area (Å²) < 4.78 is 31.3. The molecule has 0 saturated carbocycles. The molecule has 9 heteroatoms. The maximum atomic E-state index is 14.0. The van der Waals surface area contributed by atoms with Crippen LogP contribution in [0.2, 0.25) is 0 Å². The largest absolute Gasteiger partial charge is 0.298 e. The van der Waals surface area contributed by atoms with Crippen LogP contribution >= 0.6 is 12.2 Å². The highest BCUT2D eigenvalue weighted by atomic mass is 32.1. The Morgan fingerprint density at radius 3 is 2.67 bits per heavy atom. The summed E-state index contributed by atoms with van der Waals surface area (Å²) in [6.45, 7) is 2.91. The molecule has 170 valence electrons. The van der Waals surface area contributed by atoms with E-state index in [0.717, 1.165) is 43.9 Å². The van der Waals surface area contributed by atoms with Gasteiger partial charge in [-0.3, -0.25) is 19.2 Å². The van der Waals surface area contributed by atoms with E-state index in [1.807, 2.05) is 35.0 Å². The van der Waals surface area contributed by atoms with E-state index in [1.54, 1.807) is 16.8 Å². The minimum absolute atomic E-state index is 0.184. The Morgan fingerprint density at radius 1 is 1.03 bits per heavy atom. The maximum Gasteiger partial charge on any atom is 0.201 e. The third kappa shape index (κ3) is 4.79. The third-order valence-electron chi connectivity index (χ3n) is 6.03. The molecule has 1 unspecified atom stereocenters. The highest BCUT2D eigenvalue weighted by Crippen LogP contribution is 2.28. The minimum atomic E-state index is -0.251. The Bertz CT molecular complexity index is 1290. The van der Waals surface area contributed by atoms with E-state index in [4.69, 9.17) is 12.2 Å². The number of halogens is 2. The molecular formula is C24H24F2N6S. The highest BCUT2D eigenvalue weighted by molar-refractivity contribution is 7.71. The van der Waals surface area contributed by atoms with E-state index in [2.05, 4.69) is 20.2 Å². The number of H-pyrrole nitrogens is 1. The molecule has 1 aliphatic heterocycles. The summed E-state index contributed by atoms with van der Waals surface area (Å²) in [6, 6.07) is 15.2. The van der Waals surface area contributed by atoms with Crippen molar-refractivity contribution < 1.29 is 8.78 Å². The van der Waals surface area contributed by atoms with E-state index < -0.39 is 0 Å². The van der Waals surface area contributed by atoms with Crippen molar-refractivity contribution in [1.29, 1.82) is 0 Å². The molecule has 1 atom stereocenters. The second kappa shape index (κ2) is 9.36. The first-order valence-electron chi connectivity index (χ1n) is 11.0. The average molecular weight is 467 g/mol. The molecule has 2 aromatic heterocycles. The monoisotopic (exact) mass is 466 g/mol. The van der Waals surface area contributed by atoms with Crippen molar-refractivity contribution in [2.45, 2.75) is 31.8 Å². The fraction of sp³-hybridized carbons (Fsp3) is 0.292. The Kier molecular flexibility index (Phi) is 6.15. The molecule has 1 fully saturated rings. The van der Waals surface area contributed by atoms with Gasteiger partial charge in [-0.1, -0.05) is 30.3 Å². The van der Waals surface area contributed by atoms with Gasteiger partial charge < -0.3 is 0 Å². The molecule has 5 rings (SSSR count). The summed E-state index contributed by atoms with van der Waals surface area (Å²) in [6.07, 6.45) is 3.85. The molecule has 1 aliphatic rings. The van der Waals surface area contributed by atoms with E-state index >= 15 is 0 Å². The lowest BCUT2D eigenvalue weighted by molar-refractivity contribution is 0.195. The molecule has 0 amide bonds. The van der Waals surface area contributed by atoms with Crippen LogP contribution < -0.4 is 0 Å². The predicted molar refractivity (Wildman–Crippen MR) is 124 cm³/mol. The Morgan fingerprint density at radius 2 is 1.85 bits per heavy atom. The van der Waals surface area contributed by atoms with E-state index in [1.165, 1.54) is 18.2 Å². The number of nitrogens with one attached hydrogen (secondary N) is 1. The zero-order valence-corrected chi connectivity index (χ0v) is 18.8. The van der Waals surface area contributed by atoms with Crippen molar-refractivity contribution in [2.75, 3.05) is 13.1 Å². The van der Waals surface area contributed by atoms with Gasteiger partial charge in [0.25, 0.3) is 0 Å². The molecule has 0 radical (unpaired) electrons. The van der Waals surface area contributed by atoms with Crippen molar-refractivity contribution in [1.82, 2.24) is 29.4 Å². The number of hydrogen-bond donors (Lipinski definition) is 1. The van der Waals surface area contributed by atoms with Crippen LogP contribution in [-0.2, 0) is 13.1 Å². The van der Waals surface area contributed by atoms with E-state index in [-0.39, 0.29) is 17.6 Å². The topological polar surface area (TPSA) is 54.7 Å². The van der Waals surface area contributed by atoms with Gasteiger partial charge in [-0.2, -0.15) is 10.2 Å². The van der Waals surface area contributed by atoms with Gasteiger partial charge >= 0.3 is 0 Å².